The Hall–Kier alpha value is -4.92. The lowest BCUT2D eigenvalue weighted by Gasteiger charge is -2.19. The van der Waals surface area contributed by atoms with Gasteiger partial charge in [-0.1, -0.05) is 42.5 Å². The van der Waals surface area contributed by atoms with Crippen LogP contribution in [-0.4, -0.2) is 39.0 Å². The first-order valence-electron chi connectivity index (χ1n) is 13.0. The average Bonchev–Trinajstić information content (AvgIpc) is 3.60. The van der Waals surface area contributed by atoms with Gasteiger partial charge >= 0.3 is 0 Å². The van der Waals surface area contributed by atoms with E-state index in [9.17, 15) is 4.79 Å². The van der Waals surface area contributed by atoms with E-state index >= 15 is 0 Å². The van der Waals surface area contributed by atoms with Gasteiger partial charge in [-0.25, -0.2) is 9.97 Å². The predicted molar refractivity (Wildman–Crippen MR) is 148 cm³/mol. The van der Waals surface area contributed by atoms with Crippen LogP contribution in [-0.2, 0) is 19.6 Å². The number of carbonyl (C=O) groups excluding carboxylic acids is 1. The number of aromatic nitrogens is 4. The Bertz CT molecular complexity index is 1580. The molecule has 1 aliphatic rings. The molecule has 5 aromatic rings. The summed E-state index contributed by atoms with van der Waals surface area (Å²) in [6, 6.07) is 23.6. The number of nitrogens with zero attached hydrogens (tertiary/aromatic N) is 4. The summed E-state index contributed by atoms with van der Waals surface area (Å²) in [6.45, 7) is 3.78. The molecule has 3 aromatic carbocycles. The molecular formula is C30H28N6O3. The van der Waals surface area contributed by atoms with Gasteiger partial charge in [0.2, 0.25) is 11.8 Å². The molecule has 0 spiro atoms. The molecule has 0 aliphatic carbocycles. The van der Waals surface area contributed by atoms with Crippen molar-refractivity contribution in [2.75, 3.05) is 18.1 Å². The maximum atomic E-state index is 13.3. The maximum Gasteiger partial charge on any atom is 0.258 e. The number of benzene rings is 3. The molecule has 0 saturated heterocycles. The number of hydrogen-bond donors (Lipinski definition) is 2. The molecule has 0 saturated carbocycles. The maximum absolute atomic E-state index is 13.3. The molecule has 0 bridgehead atoms. The van der Waals surface area contributed by atoms with Crippen LogP contribution in [0.3, 0.4) is 0 Å². The van der Waals surface area contributed by atoms with Crippen molar-refractivity contribution in [3.05, 3.63) is 102 Å². The largest absolute Gasteiger partial charge is 0.494 e. The summed E-state index contributed by atoms with van der Waals surface area (Å²) in [5, 5.41) is 2.92. The lowest BCUT2D eigenvalue weighted by Crippen LogP contribution is -2.25. The molecule has 0 atom stereocenters. The quantitative estimate of drug-likeness (QED) is 0.283. The predicted octanol–water partition coefficient (Wildman–Crippen LogP) is 4.95. The lowest BCUT2D eigenvalue weighted by atomic mass is 10.2. The summed E-state index contributed by atoms with van der Waals surface area (Å²) in [6.07, 6.45) is 2.44. The van der Waals surface area contributed by atoms with Gasteiger partial charge < -0.3 is 24.7 Å². The van der Waals surface area contributed by atoms with E-state index < -0.39 is 0 Å². The van der Waals surface area contributed by atoms with Crippen molar-refractivity contribution < 1.29 is 14.3 Å². The van der Waals surface area contributed by atoms with Gasteiger partial charge in [-0.2, -0.15) is 4.98 Å². The van der Waals surface area contributed by atoms with Crippen molar-refractivity contribution in [1.29, 1.82) is 0 Å². The number of imidazole rings is 1. The molecule has 2 aromatic heterocycles. The second-order valence-corrected chi connectivity index (χ2v) is 9.17. The molecule has 0 fully saturated rings. The average molecular weight is 521 g/mol. The number of anilines is 2. The van der Waals surface area contributed by atoms with Gasteiger partial charge in [0.15, 0.2) is 0 Å². The summed E-state index contributed by atoms with van der Waals surface area (Å²) in [7, 11) is 0. The number of H-pyrrole nitrogens is 1. The second kappa shape index (κ2) is 10.8. The third-order valence-electron chi connectivity index (χ3n) is 6.58. The van der Waals surface area contributed by atoms with Crippen LogP contribution in [0.15, 0.2) is 79.0 Å². The second-order valence-electron chi connectivity index (χ2n) is 9.17. The Morgan fingerprint density at radius 3 is 2.67 bits per heavy atom. The molecule has 3 heterocycles. The van der Waals surface area contributed by atoms with E-state index in [-0.39, 0.29) is 30.5 Å². The van der Waals surface area contributed by atoms with Gasteiger partial charge in [-0.3, -0.25) is 4.79 Å². The summed E-state index contributed by atoms with van der Waals surface area (Å²) < 4.78 is 11.7. The Morgan fingerprint density at radius 1 is 1.00 bits per heavy atom. The molecule has 0 unspecified atom stereocenters. The van der Waals surface area contributed by atoms with Gasteiger partial charge in [0.05, 0.1) is 24.2 Å². The smallest absolute Gasteiger partial charge is 0.258 e. The van der Waals surface area contributed by atoms with E-state index in [1.165, 1.54) is 11.8 Å². The highest BCUT2D eigenvalue weighted by atomic mass is 16.5. The normalized spacial score (nSPS) is 12.4. The van der Waals surface area contributed by atoms with Crippen molar-refractivity contribution in [3.63, 3.8) is 0 Å². The molecule has 9 nitrogen and oxygen atoms in total. The number of fused-ring (bicyclic) bond motifs is 2. The van der Waals surface area contributed by atoms with Crippen LogP contribution in [0.25, 0.3) is 11.0 Å². The van der Waals surface area contributed by atoms with Crippen molar-refractivity contribution in [2.24, 2.45) is 0 Å². The number of carbonyl (C=O) groups is 1. The standard InChI is InChI=1S/C30H28N6O3/c1-2-38-22-13-11-20(12-14-22)19-39-29-23(28(37)31-18-27-33-24-8-4-5-9-25(24)34-27)17-32-30(35-29)36-16-15-21-7-3-6-10-26(21)36/h3-14,17H,2,15-16,18-19H2,1H3,(H,31,37)(H,33,34). The van der Waals surface area contributed by atoms with Crippen molar-refractivity contribution in [3.8, 4) is 11.6 Å². The zero-order valence-corrected chi connectivity index (χ0v) is 21.6. The Morgan fingerprint density at radius 2 is 1.82 bits per heavy atom. The van der Waals surface area contributed by atoms with Crippen LogP contribution in [0.1, 0.15) is 34.2 Å². The number of rotatable bonds is 9. The number of para-hydroxylation sites is 3. The first-order valence-corrected chi connectivity index (χ1v) is 13.0. The molecule has 1 aliphatic heterocycles. The van der Waals surface area contributed by atoms with E-state index in [0.29, 0.717) is 18.4 Å². The van der Waals surface area contributed by atoms with Crippen LogP contribution in [0.5, 0.6) is 11.6 Å². The van der Waals surface area contributed by atoms with Crippen LogP contribution >= 0.6 is 0 Å². The minimum absolute atomic E-state index is 0.223. The molecule has 2 N–H and O–H groups in total. The molecule has 0 radical (unpaired) electrons. The zero-order chi connectivity index (χ0) is 26.6. The van der Waals surface area contributed by atoms with Gasteiger partial charge in [-0.05, 0) is 54.8 Å². The third kappa shape index (κ3) is 5.24. The summed E-state index contributed by atoms with van der Waals surface area (Å²) >= 11 is 0. The number of amides is 1. The minimum Gasteiger partial charge on any atom is -0.494 e. The molecule has 196 valence electrons. The molecule has 6 rings (SSSR count). The zero-order valence-electron chi connectivity index (χ0n) is 21.6. The van der Waals surface area contributed by atoms with E-state index in [0.717, 1.165) is 41.0 Å². The van der Waals surface area contributed by atoms with Gasteiger partial charge in [-0.15, -0.1) is 0 Å². The molecule has 1 amide bonds. The van der Waals surface area contributed by atoms with E-state index in [4.69, 9.17) is 14.5 Å². The topological polar surface area (TPSA) is 105 Å². The fourth-order valence-electron chi connectivity index (χ4n) is 4.65. The molecular weight excluding hydrogens is 492 g/mol. The van der Waals surface area contributed by atoms with E-state index in [2.05, 4.69) is 37.3 Å². The highest BCUT2D eigenvalue weighted by Gasteiger charge is 2.25. The van der Waals surface area contributed by atoms with Gasteiger partial charge in [0.1, 0.15) is 23.7 Å². The van der Waals surface area contributed by atoms with Crippen LogP contribution in [0.2, 0.25) is 0 Å². The number of ether oxygens (including phenoxy) is 2. The number of hydrogen-bond acceptors (Lipinski definition) is 7. The first kappa shape index (κ1) is 24.4. The Kier molecular flexibility index (Phi) is 6.78. The van der Waals surface area contributed by atoms with Crippen LogP contribution in [0, 0.1) is 0 Å². The van der Waals surface area contributed by atoms with E-state index in [1.54, 1.807) is 0 Å². The number of nitrogens with one attached hydrogen (secondary N) is 2. The molecule has 39 heavy (non-hydrogen) atoms. The third-order valence-corrected chi connectivity index (χ3v) is 6.58. The van der Waals surface area contributed by atoms with E-state index in [1.807, 2.05) is 67.6 Å². The van der Waals surface area contributed by atoms with Crippen LogP contribution < -0.4 is 19.7 Å². The highest BCUT2D eigenvalue weighted by molar-refractivity contribution is 5.96. The Balaban J connectivity index is 1.24. The summed E-state index contributed by atoms with van der Waals surface area (Å²) in [5.41, 5.74) is 5.26. The first-order chi connectivity index (χ1) is 19.2. The van der Waals surface area contributed by atoms with Crippen LogP contribution in [0.4, 0.5) is 11.6 Å². The fraction of sp³-hybridized carbons (Fsp3) is 0.200. The van der Waals surface area contributed by atoms with Gasteiger partial charge in [0, 0.05) is 18.4 Å². The summed E-state index contributed by atoms with van der Waals surface area (Å²) in [4.78, 5) is 32.3. The van der Waals surface area contributed by atoms with Crippen molar-refractivity contribution in [1.82, 2.24) is 25.3 Å². The number of aromatic amines is 1. The molecule has 9 heteroatoms. The van der Waals surface area contributed by atoms with Crippen molar-refractivity contribution >= 4 is 28.6 Å². The van der Waals surface area contributed by atoms with Gasteiger partial charge in [0.25, 0.3) is 5.91 Å². The Labute approximate surface area is 225 Å². The lowest BCUT2D eigenvalue weighted by molar-refractivity contribution is 0.0944. The fourth-order valence-corrected chi connectivity index (χ4v) is 4.65. The highest BCUT2D eigenvalue weighted by Crippen LogP contribution is 2.33. The van der Waals surface area contributed by atoms with Crippen molar-refractivity contribution in [2.45, 2.75) is 26.5 Å². The monoisotopic (exact) mass is 520 g/mol. The minimum atomic E-state index is -0.342. The summed E-state index contributed by atoms with van der Waals surface area (Å²) in [5.74, 6) is 1.83. The SMILES string of the molecule is CCOc1ccc(COc2nc(N3CCc4ccccc43)ncc2C(=O)NCc2nc3ccccc3[nH]2)cc1.